The van der Waals surface area contributed by atoms with Crippen LogP contribution in [0.25, 0.3) is 0 Å². The second-order valence-corrected chi connectivity index (χ2v) is 9.59. The van der Waals surface area contributed by atoms with Gasteiger partial charge in [0.15, 0.2) is 5.96 Å². The highest BCUT2D eigenvalue weighted by Gasteiger charge is 2.32. The largest absolute Gasteiger partial charge is 0.481 e. The molecule has 14 nitrogen and oxygen atoms in total. The van der Waals surface area contributed by atoms with Crippen molar-refractivity contribution in [2.24, 2.45) is 28.1 Å². The first kappa shape index (κ1) is 33.9. The summed E-state index contributed by atoms with van der Waals surface area (Å²) in [5.41, 5.74) is 16.4. The van der Waals surface area contributed by atoms with E-state index in [1.807, 2.05) is 6.26 Å². The van der Waals surface area contributed by atoms with Gasteiger partial charge in [0.25, 0.3) is 0 Å². The first-order valence-electron chi connectivity index (χ1n) is 12.0. The van der Waals surface area contributed by atoms with Gasteiger partial charge in [0.2, 0.25) is 17.7 Å². The molecule has 0 spiro atoms. The lowest BCUT2D eigenvalue weighted by atomic mass is 9.97. The molecule has 37 heavy (non-hydrogen) atoms. The number of aliphatic carboxylic acids is 2. The van der Waals surface area contributed by atoms with Crippen molar-refractivity contribution >= 4 is 47.4 Å². The Bertz CT molecular complexity index is 808. The highest BCUT2D eigenvalue weighted by atomic mass is 32.2. The van der Waals surface area contributed by atoms with Gasteiger partial charge in [-0.25, -0.2) is 4.79 Å². The number of carboxylic acid groups (broad SMARTS) is 2. The van der Waals surface area contributed by atoms with Gasteiger partial charge >= 0.3 is 11.9 Å². The Morgan fingerprint density at radius 1 is 0.919 bits per heavy atom. The average Bonchev–Trinajstić information content (AvgIpc) is 2.83. The van der Waals surface area contributed by atoms with Crippen LogP contribution in [0.4, 0.5) is 0 Å². The first-order chi connectivity index (χ1) is 17.3. The van der Waals surface area contributed by atoms with Gasteiger partial charge < -0.3 is 43.4 Å². The number of amides is 3. The molecule has 0 aromatic carbocycles. The molecule has 0 rings (SSSR count). The molecule has 3 amide bonds. The maximum absolute atomic E-state index is 13.1. The zero-order valence-corrected chi connectivity index (χ0v) is 22.4. The third-order valence-corrected chi connectivity index (χ3v) is 6.25. The molecule has 5 unspecified atom stereocenters. The second kappa shape index (κ2) is 18.2. The van der Waals surface area contributed by atoms with Crippen molar-refractivity contribution in [3.63, 3.8) is 0 Å². The smallest absolute Gasteiger partial charge is 0.326 e. The number of carboxylic acids is 2. The van der Waals surface area contributed by atoms with Gasteiger partial charge in [-0.3, -0.25) is 24.2 Å². The normalized spacial score (nSPS) is 14.8. The minimum absolute atomic E-state index is 0.0951. The molecule has 11 N–H and O–H groups in total. The molecule has 0 aliphatic rings. The number of aliphatic imine (C=N–C) groups is 1. The van der Waals surface area contributed by atoms with Crippen LogP contribution in [0.1, 0.15) is 52.4 Å². The van der Waals surface area contributed by atoms with Crippen LogP contribution < -0.4 is 33.2 Å². The van der Waals surface area contributed by atoms with Gasteiger partial charge in [0.05, 0.1) is 6.04 Å². The minimum Gasteiger partial charge on any atom is -0.481 e. The van der Waals surface area contributed by atoms with E-state index in [0.717, 1.165) is 0 Å². The lowest BCUT2D eigenvalue weighted by molar-refractivity contribution is -0.142. The Labute approximate surface area is 220 Å². The molecule has 0 aliphatic heterocycles. The topological polar surface area (TPSA) is 252 Å². The van der Waals surface area contributed by atoms with E-state index in [2.05, 4.69) is 20.9 Å². The van der Waals surface area contributed by atoms with E-state index >= 15 is 0 Å². The van der Waals surface area contributed by atoms with E-state index in [1.54, 1.807) is 13.8 Å². The third-order valence-electron chi connectivity index (χ3n) is 5.60. The lowest BCUT2D eigenvalue weighted by Crippen LogP contribution is -2.58. The molecule has 0 saturated carbocycles. The molecule has 0 aromatic heterocycles. The molecule has 0 heterocycles. The summed E-state index contributed by atoms with van der Waals surface area (Å²) in [5.74, 6) is -4.49. The summed E-state index contributed by atoms with van der Waals surface area (Å²) in [6.45, 7) is 3.76. The monoisotopic (exact) mass is 547 g/mol. The molecule has 0 fully saturated rings. The fourth-order valence-corrected chi connectivity index (χ4v) is 3.65. The number of nitrogens with zero attached hydrogens (tertiary/aromatic N) is 1. The summed E-state index contributed by atoms with van der Waals surface area (Å²) in [4.78, 5) is 65.0. The number of rotatable bonds is 19. The maximum Gasteiger partial charge on any atom is 0.326 e. The summed E-state index contributed by atoms with van der Waals surface area (Å²) >= 11 is 1.43. The number of guanidine groups is 1. The van der Waals surface area contributed by atoms with Crippen LogP contribution in [-0.4, -0.2) is 88.6 Å². The number of nitrogens with two attached hydrogens (primary N) is 3. The molecule has 0 saturated heterocycles. The van der Waals surface area contributed by atoms with Crippen molar-refractivity contribution < 1.29 is 34.2 Å². The Balaban J connectivity index is 5.50. The SMILES string of the molecule is CCC(C)C(NC(=O)C(CCC(=O)O)NC(=O)C(N)CCCN=C(N)N)C(=O)NC(CCSC)C(=O)O. The number of carbonyl (C=O) groups excluding carboxylic acids is 3. The summed E-state index contributed by atoms with van der Waals surface area (Å²) in [5, 5.41) is 26.0. The average molecular weight is 548 g/mol. The molecular weight excluding hydrogens is 506 g/mol. The lowest BCUT2D eigenvalue weighted by Gasteiger charge is -2.28. The number of thioether (sulfide) groups is 1. The number of hydrogen-bond donors (Lipinski definition) is 8. The minimum atomic E-state index is -1.28. The van der Waals surface area contributed by atoms with E-state index in [4.69, 9.17) is 22.3 Å². The predicted molar refractivity (Wildman–Crippen MR) is 141 cm³/mol. The molecule has 0 aliphatic carbocycles. The van der Waals surface area contributed by atoms with Crippen LogP contribution in [0.2, 0.25) is 0 Å². The Morgan fingerprint density at radius 2 is 1.54 bits per heavy atom. The van der Waals surface area contributed by atoms with Gasteiger partial charge in [0, 0.05) is 13.0 Å². The van der Waals surface area contributed by atoms with Crippen molar-refractivity contribution in [1.82, 2.24) is 16.0 Å². The Hall–Kier alpha value is -3.07. The Kier molecular flexibility index (Phi) is 16.7. The van der Waals surface area contributed by atoms with Gasteiger partial charge in [-0.05, 0) is 43.6 Å². The van der Waals surface area contributed by atoms with Gasteiger partial charge in [-0.1, -0.05) is 20.3 Å². The number of carbonyl (C=O) groups is 5. The fraction of sp³-hybridized carbons (Fsp3) is 0.727. The highest BCUT2D eigenvalue weighted by molar-refractivity contribution is 7.98. The van der Waals surface area contributed by atoms with Crippen molar-refractivity contribution in [3.05, 3.63) is 0 Å². The van der Waals surface area contributed by atoms with Crippen molar-refractivity contribution in [2.45, 2.75) is 76.5 Å². The van der Waals surface area contributed by atoms with Crippen LogP contribution >= 0.6 is 11.8 Å². The van der Waals surface area contributed by atoms with E-state index in [-0.39, 0.29) is 37.7 Å². The summed E-state index contributed by atoms with van der Waals surface area (Å²) in [6, 6.07) is -4.52. The molecule has 0 aromatic rings. The summed E-state index contributed by atoms with van der Waals surface area (Å²) in [6.07, 6.45) is 2.43. The summed E-state index contributed by atoms with van der Waals surface area (Å²) in [7, 11) is 0. The van der Waals surface area contributed by atoms with Crippen LogP contribution in [0, 0.1) is 5.92 Å². The van der Waals surface area contributed by atoms with Crippen molar-refractivity contribution in [2.75, 3.05) is 18.6 Å². The van der Waals surface area contributed by atoms with Gasteiger partial charge in [-0.2, -0.15) is 11.8 Å². The third kappa shape index (κ3) is 14.3. The molecule has 0 radical (unpaired) electrons. The summed E-state index contributed by atoms with van der Waals surface area (Å²) < 4.78 is 0. The number of hydrogen-bond acceptors (Lipinski definition) is 8. The molecule has 0 bridgehead atoms. The fourth-order valence-electron chi connectivity index (χ4n) is 3.18. The molecule has 212 valence electrons. The van der Waals surface area contributed by atoms with E-state index in [1.165, 1.54) is 11.8 Å². The zero-order valence-electron chi connectivity index (χ0n) is 21.6. The highest BCUT2D eigenvalue weighted by Crippen LogP contribution is 2.11. The standard InChI is InChI=1S/C22H41N7O7S/c1-4-12(2)17(20(34)28-15(21(35)36)9-11-37-3)29-19(33)14(7-8-16(30)31)27-18(32)13(23)6-5-10-26-22(24)25/h12-15,17H,4-11,23H2,1-3H3,(H,27,32)(H,28,34)(H,29,33)(H,30,31)(H,35,36)(H4,24,25,26). The van der Waals surface area contributed by atoms with E-state index in [9.17, 15) is 29.1 Å². The van der Waals surface area contributed by atoms with E-state index < -0.39 is 60.2 Å². The van der Waals surface area contributed by atoms with Gasteiger partial charge in [-0.15, -0.1) is 0 Å². The van der Waals surface area contributed by atoms with Crippen LogP contribution in [0.15, 0.2) is 4.99 Å². The predicted octanol–water partition coefficient (Wildman–Crippen LogP) is -1.43. The van der Waals surface area contributed by atoms with Crippen LogP contribution in [0.3, 0.4) is 0 Å². The van der Waals surface area contributed by atoms with Crippen molar-refractivity contribution in [1.29, 1.82) is 0 Å². The Morgan fingerprint density at radius 3 is 2.05 bits per heavy atom. The van der Waals surface area contributed by atoms with Gasteiger partial charge in [0.1, 0.15) is 18.1 Å². The molecule has 15 heteroatoms. The van der Waals surface area contributed by atoms with E-state index in [0.29, 0.717) is 18.6 Å². The van der Waals surface area contributed by atoms with Crippen LogP contribution in [0.5, 0.6) is 0 Å². The second-order valence-electron chi connectivity index (χ2n) is 8.60. The molecule has 5 atom stereocenters. The van der Waals surface area contributed by atoms with Crippen LogP contribution in [-0.2, 0) is 24.0 Å². The molecular formula is C22H41N7O7S. The maximum atomic E-state index is 13.1. The quantitative estimate of drug-likeness (QED) is 0.0528. The van der Waals surface area contributed by atoms with Crippen molar-refractivity contribution in [3.8, 4) is 0 Å². The first-order valence-corrected chi connectivity index (χ1v) is 13.4. The number of nitrogens with one attached hydrogen (secondary N) is 3. The zero-order chi connectivity index (χ0) is 28.5.